The van der Waals surface area contributed by atoms with Crippen LogP contribution in [0.25, 0.3) is 11.1 Å². The largest absolute Gasteiger partial charge is 0.456 e. The summed E-state index contributed by atoms with van der Waals surface area (Å²) >= 11 is 0. The van der Waals surface area contributed by atoms with Crippen LogP contribution < -0.4 is 20.5 Å². The number of primary amides is 1. The lowest BCUT2D eigenvalue weighted by molar-refractivity contribution is 0.1000. The zero-order valence-corrected chi connectivity index (χ0v) is 20.1. The van der Waals surface area contributed by atoms with Crippen LogP contribution >= 0.6 is 0 Å². The van der Waals surface area contributed by atoms with Crippen molar-refractivity contribution in [3.63, 3.8) is 0 Å². The van der Waals surface area contributed by atoms with E-state index in [0.717, 1.165) is 17.2 Å². The molecule has 3 aromatic carbocycles. The van der Waals surface area contributed by atoms with E-state index in [-0.39, 0.29) is 16.2 Å². The maximum Gasteiger partial charge on any atom is 0.329 e. The number of urea groups is 1. The molecule has 0 radical (unpaired) electrons. The Morgan fingerprint density at radius 2 is 1.66 bits per heavy atom. The van der Waals surface area contributed by atoms with E-state index in [2.05, 4.69) is 5.32 Å². The summed E-state index contributed by atoms with van der Waals surface area (Å²) in [5.41, 5.74) is 6.61. The minimum atomic E-state index is -4.37. The standard InChI is InChI=1S/C25H24N4O5S/c1-25(2,3)28-24(31)29-35(32,33)22-13-16(15-26)7-12-21(22)34-20-6-4-5-19(14-20)17-8-10-18(11-9-17)23(27)30/h4-14H,1-3H3,(H2,27,30)(H2,28,29,31). The second-order valence-corrected chi connectivity index (χ2v) is 10.3. The van der Waals surface area contributed by atoms with Gasteiger partial charge < -0.3 is 15.8 Å². The molecule has 0 spiro atoms. The van der Waals surface area contributed by atoms with E-state index in [4.69, 9.17) is 10.5 Å². The van der Waals surface area contributed by atoms with Crippen LogP contribution in [0.15, 0.2) is 71.6 Å². The van der Waals surface area contributed by atoms with Crippen molar-refractivity contribution in [3.8, 4) is 28.7 Å². The van der Waals surface area contributed by atoms with Crippen LogP contribution in [-0.2, 0) is 10.0 Å². The Hall–Kier alpha value is -4.36. The molecule has 0 aromatic heterocycles. The molecule has 35 heavy (non-hydrogen) atoms. The lowest BCUT2D eigenvalue weighted by atomic mass is 10.0. The van der Waals surface area contributed by atoms with Gasteiger partial charge in [0.2, 0.25) is 5.91 Å². The van der Waals surface area contributed by atoms with Gasteiger partial charge in [0.15, 0.2) is 0 Å². The topological polar surface area (TPSA) is 151 Å². The first kappa shape index (κ1) is 25.3. The number of hydrogen-bond donors (Lipinski definition) is 3. The van der Waals surface area contributed by atoms with Gasteiger partial charge in [-0.05, 0) is 74.4 Å². The molecule has 0 fully saturated rings. The smallest absolute Gasteiger partial charge is 0.329 e. The summed E-state index contributed by atoms with van der Waals surface area (Å²) in [5, 5.41) is 11.8. The zero-order valence-electron chi connectivity index (χ0n) is 19.3. The molecular formula is C25H24N4O5S. The molecule has 0 aliphatic carbocycles. The number of carbonyl (C=O) groups is 2. The second kappa shape index (κ2) is 9.87. The first-order valence-corrected chi connectivity index (χ1v) is 11.9. The Morgan fingerprint density at radius 1 is 0.971 bits per heavy atom. The predicted octanol–water partition coefficient (Wildman–Crippen LogP) is 3.90. The van der Waals surface area contributed by atoms with Crippen molar-refractivity contribution in [2.24, 2.45) is 5.73 Å². The molecule has 0 aliphatic heterocycles. The van der Waals surface area contributed by atoms with E-state index in [1.807, 2.05) is 16.9 Å². The summed E-state index contributed by atoms with van der Waals surface area (Å²) in [6.45, 7) is 5.12. The van der Waals surface area contributed by atoms with Gasteiger partial charge in [-0.1, -0.05) is 24.3 Å². The molecule has 0 bridgehead atoms. The molecule has 3 aromatic rings. The SMILES string of the molecule is CC(C)(C)NC(=O)NS(=O)(=O)c1cc(C#N)ccc1Oc1cccc(-c2ccc(C(N)=O)cc2)c1. The van der Waals surface area contributed by atoms with E-state index < -0.39 is 27.5 Å². The second-order valence-electron chi connectivity index (χ2n) is 8.65. The van der Waals surface area contributed by atoms with Gasteiger partial charge in [-0.2, -0.15) is 5.26 Å². The van der Waals surface area contributed by atoms with Gasteiger partial charge in [-0.3, -0.25) is 4.79 Å². The summed E-state index contributed by atoms with van der Waals surface area (Å²) in [6.07, 6.45) is 0. The summed E-state index contributed by atoms with van der Waals surface area (Å²) in [4.78, 5) is 23.1. The van der Waals surface area contributed by atoms with Crippen LogP contribution in [0, 0.1) is 11.3 Å². The molecule has 0 saturated heterocycles. The van der Waals surface area contributed by atoms with E-state index in [1.54, 1.807) is 63.2 Å². The van der Waals surface area contributed by atoms with Crippen molar-refractivity contribution in [2.45, 2.75) is 31.2 Å². The third-order valence-electron chi connectivity index (χ3n) is 4.64. The van der Waals surface area contributed by atoms with E-state index in [9.17, 15) is 23.3 Å². The summed E-state index contributed by atoms with van der Waals surface area (Å²) < 4.78 is 33.8. The fourth-order valence-corrected chi connectivity index (χ4v) is 4.17. The van der Waals surface area contributed by atoms with Crippen LogP contribution in [0.1, 0.15) is 36.7 Å². The number of nitrogens with one attached hydrogen (secondary N) is 2. The van der Waals surface area contributed by atoms with Crippen molar-refractivity contribution in [1.82, 2.24) is 10.0 Å². The highest BCUT2D eigenvalue weighted by Gasteiger charge is 2.25. The monoisotopic (exact) mass is 492 g/mol. The van der Waals surface area contributed by atoms with Gasteiger partial charge in [0, 0.05) is 11.1 Å². The van der Waals surface area contributed by atoms with Crippen molar-refractivity contribution >= 4 is 22.0 Å². The maximum atomic E-state index is 13.0. The van der Waals surface area contributed by atoms with Crippen molar-refractivity contribution in [2.75, 3.05) is 0 Å². The molecular weight excluding hydrogens is 468 g/mol. The van der Waals surface area contributed by atoms with Gasteiger partial charge in [-0.15, -0.1) is 0 Å². The number of ether oxygens (including phenoxy) is 1. The highest BCUT2D eigenvalue weighted by molar-refractivity contribution is 7.90. The number of nitrogens with two attached hydrogens (primary N) is 1. The predicted molar refractivity (Wildman–Crippen MR) is 130 cm³/mol. The highest BCUT2D eigenvalue weighted by atomic mass is 32.2. The van der Waals surface area contributed by atoms with Crippen molar-refractivity contribution in [1.29, 1.82) is 5.26 Å². The number of amides is 3. The van der Waals surface area contributed by atoms with E-state index in [0.29, 0.717) is 11.3 Å². The van der Waals surface area contributed by atoms with Gasteiger partial charge in [0.05, 0.1) is 11.6 Å². The number of benzene rings is 3. The van der Waals surface area contributed by atoms with Gasteiger partial charge in [0.25, 0.3) is 10.0 Å². The molecule has 4 N–H and O–H groups in total. The quantitative estimate of drug-likeness (QED) is 0.475. The Balaban J connectivity index is 1.94. The fraction of sp³-hybridized carbons (Fsp3) is 0.160. The average Bonchev–Trinajstić information content (AvgIpc) is 2.78. The molecule has 10 heteroatoms. The lowest BCUT2D eigenvalue weighted by Gasteiger charge is -2.21. The van der Waals surface area contributed by atoms with Gasteiger partial charge in [-0.25, -0.2) is 17.9 Å². The Kier molecular flexibility index (Phi) is 7.12. The minimum absolute atomic E-state index is 0.0683. The molecule has 0 unspecified atom stereocenters. The van der Waals surface area contributed by atoms with E-state index in [1.165, 1.54) is 12.1 Å². The molecule has 0 heterocycles. The Labute approximate surface area is 203 Å². The van der Waals surface area contributed by atoms with Gasteiger partial charge >= 0.3 is 6.03 Å². The molecule has 0 atom stereocenters. The van der Waals surface area contributed by atoms with Crippen LogP contribution in [-0.4, -0.2) is 25.9 Å². The maximum absolute atomic E-state index is 13.0. The number of hydrogen-bond acceptors (Lipinski definition) is 6. The third-order valence-corrected chi connectivity index (χ3v) is 5.99. The molecule has 3 rings (SSSR count). The third kappa shape index (κ3) is 6.59. The molecule has 0 aliphatic rings. The van der Waals surface area contributed by atoms with Crippen molar-refractivity contribution in [3.05, 3.63) is 77.9 Å². The highest BCUT2D eigenvalue weighted by Crippen LogP contribution is 2.32. The summed E-state index contributed by atoms with van der Waals surface area (Å²) in [5.74, 6) is -0.281. The van der Waals surface area contributed by atoms with Crippen LogP contribution in [0.3, 0.4) is 0 Å². The lowest BCUT2D eigenvalue weighted by Crippen LogP contribution is -2.48. The van der Waals surface area contributed by atoms with Crippen LogP contribution in [0.2, 0.25) is 0 Å². The number of nitriles is 1. The number of nitrogens with zero attached hydrogens (tertiary/aromatic N) is 1. The Bertz CT molecular complexity index is 1420. The summed E-state index contributed by atoms with van der Waals surface area (Å²) in [7, 11) is -4.37. The Morgan fingerprint density at radius 3 is 2.26 bits per heavy atom. The van der Waals surface area contributed by atoms with Crippen molar-refractivity contribution < 1.29 is 22.7 Å². The first-order chi connectivity index (χ1) is 16.4. The van der Waals surface area contributed by atoms with Crippen LogP contribution in [0.4, 0.5) is 4.79 Å². The number of rotatable bonds is 6. The van der Waals surface area contributed by atoms with Crippen LogP contribution in [0.5, 0.6) is 11.5 Å². The molecule has 3 amide bonds. The molecule has 180 valence electrons. The average molecular weight is 493 g/mol. The summed E-state index contributed by atoms with van der Waals surface area (Å²) in [6, 6.07) is 18.4. The van der Waals surface area contributed by atoms with E-state index >= 15 is 0 Å². The zero-order chi connectivity index (χ0) is 25.8. The molecule has 0 saturated carbocycles. The normalized spacial score (nSPS) is 11.3. The number of sulfonamides is 1. The minimum Gasteiger partial charge on any atom is -0.456 e. The number of carbonyl (C=O) groups excluding carboxylic acids is 2. The fourth-order valence-electron chi connectivity index (χ4n) is 3.11. The molecule has 9 nitrogen and oxygen atoms in total. The first-order valence-electron chi connectivity index (χ1n) is 10.5. The van der Waals surface area contributed by atoms with Gasteiger partial charge in [0.1, 0.15) is 16.4 Å².